The first-order valence-electron chi connectivity index (χ1n) is 10.1. The summed E-state index contributed by atoms with van der Waals surface area (Å²) in [6, 6.07) is 27.7. The van der Waals surface area contributed by atoms with E-state index in [-0.39, 0.29) is 11.8 Å². The number of hydrogen-bond acceptors (Lipinski definition) is 2. The molecule has 0 heterocycles. The maximum absolute atomic E-state index is 12.5. The van der Waals surface area contributed by atoms with E-state index < -0.39 is 6.03 Å². The van der Waals surface area contributed by atoms with Crippen molar-refractivity contribution < 1.29 is 9.59 Å². The van der Waals surface area contributed by atoms with Gasteiger partial charge in [0.05, 0.1) is 5.92 Å². The lowest BCUT2D eigenvalue weighted by molar-refractivity contribution is -0.122. The molecule has 0 aromatic heterocycles. The minimum Gasteiger partial charge on any atom is -0.336 e. The number of carbonyl (C=O) groups excluding carboxylic acids is 2. The van der Waals surface area contributed by atoms with Gasteiger partial charge in [-0.15, -0.1) is 0 Å². The van der Waals surface area contributed by atoms with Crippen LogP contribution in [0.2, 0.25) is 0 Å². The lowest BCUT2D eigenvalue weighted by Gasteiger charge is -2.15. The highest BCUT2D eigenvalue weighted by Crippen LogP contribution is 2.18. The molecule has 0 aliphatic heterocycles. The SMILES string of the molecule is CC(C(=O)NNC(=O)NCCc1ccccc1)c1cccc(Cc2ccccc2)c1. The third kappa shape index (κ3) is 6.48. The van der Waals surface area contributed by atoms with E-state index in [4.69, 9.17) is 0 Å². The molecular formula is C25H27N3O2. The minimum atomic E-state index is -0.427. The largest absolute Gasteiger partial charge is 0.336 e. The summed E-state index contributed by atoms with van der Waals surface area (Å²) in [5, 5.41) is 2.74. The highest BCUT2D eigenvalue weighted by atomic mass is 16.2. The molecule has 0 aliphatic carbocycles. The van der Waals surface area contributed by atoms with Gasteiger partial charge < -0.3 is 5.32 Å². The highest BCUT2D eigenvalue weighted by Gasteiger charge is 2.16. The monoisotopic (exact) mass is 401 g/mol. The molecule has 5 heteroatoms. The Hall–Kier alpha value is -3.60. The van der Waals surface area contributed by atoms with Gasteiger partial charge in [0.2, 0.25) is 5.91 Å². The lowest BCUT2D eigenvalue weighted by atomic mass is 9.96. The summed E-state index contributed by atoms with van der Waals surface area (Å²) in [4.78, 5) is 24.4. The van der Waals surface area contributed by atoms with Crippen LogP contribution in [0.4, 0.5) is 4.79 Å². The highest BCUT2D eigenvalue weighted by molar-refractivity contribution is 5.85. The van der Waals surface area contributed by atoms with E-state index in [9.17, 15) is 9.59 Å². The molecule has 3 N–H and O–H groups in total. The van der Waals surface area contributed by atoms with Gasteiger partial charge >= 0.3 is 6.03 Å². The zero-order valence-corrected chi connectivity index (χ0v) is 17.1. The standard InChI is InChI=1S/C25H27N3O2/c1-19(23-14-8-13-22(18-23)17-21-11-6-3-7-12-21)24(29)27-28-25(30)26-16-15-20-9-4-2-5-10-20/h2-14,18-19H,15-17H2,1H3,(H,27,29)(H2,26,28,30). The third-order valence-electron chi connectivity index (χ3n) is 4.94. The maximum atomic E-state index is 12.5. The van der Waals surface area contributed by atoms with Gasteiger partial charge in [-0.1, -0.05) is 84.9 Å². The van der Waals surface area contributed by atoms with Crippen molar-refractivity contribution in [1.29, 1.82) is 0 Å². The Morgan fingerprint density at radius 2 is 1.40 bits per heavy atom. The van der Waals surface area contributed by atoms with Gasteiger partial charge in [-0.25, -0.2) is 10.2 Å². The molecule has 30 heavy (non-hydrogen) atoms. The van der Waals surface area contributed by atoms with Gasteiger partial charge in [-0.2, -0.15) is 0 Å². The van der Waals surface area contributed by atoms with E-state index in [0.29, 0.717) is 6.54 Å². The van der Waals surface area contributed by atoms with Gasteiger partial charge in [0, 0.05) is 6.54 Å². The summed E-state index contributed by atoms with van der Waals surface area (Å²) in [5.41, 5.74) is 9.34. The first-order chi connectivity index (χ1) is 14.6. The van der Waals surface area contributed by atoms with Crippen LogP contribution in [0.25, 0.3) is 0 Å². The Labute approximate surface area is 177 Å². The van der Waals surface area contributed by atoms with E-state index in [0.717, 1.165) is 29.5 Å². The Morgan fingerprint density at radius 1 is 0.767 bits per heavy atom. The van der Waals surface area contributed by atoms with Gasteiger partial charge in [0.15, 0.2) is 0 Å². The summed E-state index contributed by atoms with van der Waals surface area (Å²) < 4.78 is 0. The van der Waals surface area contributed by atoms with E-state index in [1.54, 1.807) is 0 Å². The van der Waals surface area contributed by atoms with E-state index >= 15 is 0 Å². The molecule has 3 rings (SSSR count). The summed E-state index contributed by atoms with van der Waals surface area (Å²) in [6.45, 7) is 2.31. The Balaban J connectivity index is 1.46. The fraction of sp³-hybridized carbons (Fsp3) is 0.200. The Kier molecular flexibility index (Phi) is 7.61. The number of rotatable bonds is 7. The lowest BCUT2D eigenvalue weighted by Crippen LogP contribution is -2.48. The Bertz CT molecular complexity index is 958. The maximum Gasteiger partial charge on any atom is 0.333 e. The molecule has 3 aromatic rings. The van der Waals surface area contributed by atoms with Gasteiger partial charge in [0.25, 0.3) is 0 Å². The van der Waals surface area contributed by atoms with Crippen LogP contribution in [-0.4, -0.2) is 18.5 Å². The molecule has 0 radical (unpaired) electrons. The second-order valence-corrected chi connectivity index (χ2v) is 7.23. The van der Waals surface area contributed by atoms with Crippen LogP contribution in [0.1, 0.15) is 35.1 Å². The Morgan fingerprint density at radius 3 is 2.10 bits per heavy atom. The number of hydrazine groups is 1. The third-order valence-corrected chi connectivity index (χ3v) is 4.94. The first kappa shape index (κ1) is 21.1. The summed E-state index contributed by atoms with van der Waals surface area (Å²) in [6.07, 6.45) is 1.54. The smallest absolute Gasteiger partial charge is 0.333 e. The molecule has 0 aliphatic rings. The number of amides is 3. The molecule has 1 unspecified atom stereocenters. The number of hydrogen-bond donors (Lipinski definition) is 3. The quantitative estimate of drug-likeness (QED) is 0.525. The normalized spacial score (nSPS) is 11.4. The van der Waals surface area contributed by atoms with Crippen molar-refractivity contribution in [1.82, 2.24) is 16.2 Å². The molecular weight excluding hydrogens is 374 g/mol. The average molecular weight is 402 g/mol. The summed E-state index contributed by atoms with van der Waals surface area (Å²) in [5.74, 6) is -0.643. The molecule has 154 valence electrons. The van der Waals surface area contributed by atoms with Crippen molar-refractivity contribution in [3.63, 3.8) is 0 Å². The molecule has 0 fully saturated rings. The van der Waals surface area contributed by atoms with Crippen LogP contribution >= 0.6 is 0 Å². The van der Waals surface area contributed by atoms with Crippen molar-refractivity contribution in [3.05, 3.63) is 107 Å². The number of benzene rings is 3. The molecule has 3 aromatic carbocycles. The van der Waals surface area contributed by atoms with Crippen molar-refractivity contribution in [2.75, 3.05) is 6.54 Å². The van der Waals surface area contributed by atoms with Crippen LogP contribution < -0.4 is 16.2 Å². The van der Waals surface area contributed by atoms with Crippen LogP contribution in [0, 0.1) is 0 Å². The number of urea groups is 1. The second kappa shape index (κ2) is 10.8. The predicted molar refractivity (Wildman–Crippen MR) is 119 cm³/mol. The molecule has 5 nitrogen and oxygen atoms in total. The molecule has 0 saturated carbocycles. The second-order valence-electron chi connectivity index (χ2n) is 7.23. The average Bonchev–Trinajstić information content (AvgIpc) is 2.78. The van der Waals surface area contributed by atoms with Gasteiger partial charge in [-0.05, 0) is 42.0 Å². The van der Waals surface area contributed by atoms with E-state index in [2.05, 4.69) is 34.4 Å². The molecule has 0 spiro atoms. The van der Waals surface area contributed by atoms with Crippen molar-refractivity contribution in [2.45, 2.75) is 25.7 Å². The summed E-state index contributed by atoms with van der Waals surface area (Å²) in [7, 11) is 0. The van der Waals surface area contributed by atoms with E-state index in [1.165, 1.54) is 5.56 Å². The zero-order valence-electron chi connectivity index (χ0n) is 17.1. The topological polar surface area (TPSA) is 70.2 Å². The van der Waals surface area contributed by atoms with Crippen molar-refractivity contribution in [3.8, 4) is 0 Å². The number of carbonyl (C=O) groups is 2. The fourth-order valence-corrected chi connectivity index (χ4v) is 3.19. The molecule has 0 bridgehead atoms. The molecule has 1 atom stereocenters. The zero-order chi connectivity index (χ0) is 21.2. The van der Waals surface area contributed by atoms with Crippen molar-refractivity contribution in [2.24, 2.45) is 0 Å². The van der Waals surface area contributed by atoms with Gasteiger partial charge in [0.1, 0.15) is 0 Å². The van der Waals surface area contributed by atoms with Crippen LogP contribution in [0.5, 0.6) is 0 Å². The summed E-state index contributed by atoms with van der Waals surface area (Å²) >= 11 is 0. The van der Waals surface area contributed by atoms with Crippen LogP contribution in [-0.2, 0) is 17.6 Å². The van der Waals surface area contributed by atoms with Crippen molar-refractivity contribution >= 4 is 11.9 Å². The van der Waals surface area contributed by atoms with Crippen LogP contribution in [0.15, 0.2) is 84.9 Å². The van der Waals surface area contributed by atoms with E-state index in [1.807, 2.05) is 73.7 Å². The molecule has 3 amide bonds. The minimum absolute atomic E-state index is 0.259. The van der Waals surface area contributed by atoms with Crippen LogP contribution in [0.3, 0.4) is 0 Å². The molecule has 0 saturated heterocycles. The predicted octanol–water partition coefficient (Wildman–Crippen LogP) is 3.95. The number of nitrogens with one attached hydrogen (secondary N) is 3. The fourth-order valence-electron chi connectivity index (χ4n) is 3.19. The first-order valence-corrected chi connectivity index (χ1v) is 10.1. The van der Waals surface area contributed by atoms with Gasteiger partial charge in [-0.3, -0.25) is 10.2 Å².